The summed E-state index contributed by atoms with van der Waals surface area (Å²) in [5.41, 5.74) is 1.45. The number of aromatic nitrogens is 1. The molecule has 0 aliphatic heterocycles. The molecule has 1 N–H and O–H groups in total. The molecule has 0 unspecified atom stereocenters. The third-order valence-electron chi connectivity index (χ3n) is 2.35. The maximum Gasteiger partial charge on any atom is 0.128 e. The van der Waals surface area contributed by atoms with Gasteiger partial charge in [-0.3, -0.25) is 0 Å². The van der Waals surface area contributed by atoms with Crippen LogP contribution in [0.25, 0.3) is 0 Å². The lowest BCUT2D eigenvalue weighted by molar-refractivity contribution is 0.282. The fourth-order valence-electron chi connectivity index (χ4n) is 1.54. The SMILES string of the molecule is OCc1ccn(Cc2cc(Br)ccc2F)c1. The summed E-state index contributed by atoms with van der Waals surface area (Å²) in [6.45, 7) is 0.471. The van der Waals surface area contributed by atoms with Crippen LogP contribution in [0.4, 0.5) is 4.39 Å². The van der Waals surface area contributed by atoms with Gasteiger partial charge < -0.3 is 9.67 Å². The van der Waals surface area contributed by atoms with Crippen molar-refractivity contribution in [3.8, 4) is 0 Å². The number of hydrogen-bond donors (Lipinski definition) is 1. The number of benzene rings is 1. The van der Waals surface area contributed by atoms with Crippen LogP contribution in [0.1, 0.15) is 11.1 Å². The first kappa shape index (κ1) is 11.4. The molecule has 0 aliphatic carbocycles. The van der Waals surface area contributed by atoms with E-state index in [1.165, 1.54) is 6.07 Å². The van der Waals surface area contributed by atoms with Crippen LogP contribution in [0.15, 0.2) is 41.1 Å². The lowest BCUT2D eigenvalue weighted by Gasteiger charge is -2.05. The average Bonchev–Trinajstić information content (AvgIpc) is 2.71. The summed E-state index contributed by atoms with van der Waals surface area (Å²) in [6.07, 6.45) is 3.63. The van der Waals surface area contributed by atoms with E-state index in [4.69, 9.17) is 5.11 Å². The molecule has 84 valence electrons. The highest BCUT2D eigenvalue weighted by Crippen LogP contribution is 2.17. The average molecular weight is 284 g/mol. The van der Waals surface area contributed by atoms with E-state index in [0.717, 1.165) is 10.0 Å². The lowest BCUT2D eigenvalue weighted by Crippen LogP contribution is -1.99. The smallest absolute Gasteiger partial charge is 0.128 e. The van der Waals surface area contributed by atoms with Crippen LogP contribution in [-0.2, 0) is 13.2 Å². The van der Waals surface area contributed by atoms with Crippen molar-refractivity contribution in [3.05, 3.63) is 58.1 Å². The van der Waals surface area contributed by atoms with Crippen molar-refractivity contribution in [1.29, 1.82) is 0 Å². The second-order valence-electron chi connectivity index (χ2n) is 3.59. The molecule has 16 heavy (non-hydrogen) atoms. The van der Waals surface area contributed by atoms with Crippen LogP contribution in [0.3, 0.4) is 0 Å². The number of halogens is 2. The largest absolute Gasteiger partial charge is 0.392 e. The quantitative estimate of drug-likeness (QED) is 0.921. The predicted octanol–water partition coefficient (Wildman–Crippen LogP) is 2.93. The Labute approximate surface area is 101 Å². The molecule has 1 heterocycles. The summed E-state index contributed by atoms with van der Waals surface area (Å²) in [6, 6.07) is 6.69. The number of nitrogens with zero attached hydrogens (tertiary/aromatic N) is 1. The minimum Gasteiger partial charge on any atom is -0.392 e. The van der Waals surface area contributed by atoms with E-state index < -0.39 is 0 Å². The van der Waals surface area contributed by atoms with Gasteiger partial charge in [0.2, 0.25) is 0 Å². The Balaban J connectivity index is 2.22. The summed E-state index contributed by atoms with van der Waals surface area (Å²) in [4.78, 5) is 0. The molecule has 4 heteroatoms. The van der Waals surface area contributed by atoms with Gasteiger partial charge in [0.15, 0.2) is 0 Å². The van der Waals surface area contributed by atoms with Gasteiger partial charge in [0, 0.05) is 29.0 Å². The zero-order valence-electron chi connectivity index (χ0n) is 8.53. The molecule has 0 atom stereocenters. The van der Waals surface area contributed by atoms with Gasteiger partial charge in [-0.2, -0.15) is 0 Å². The summed E-state index contributed by atoms with van der Waals surface area (Å²) in [7, 11) is 0. The van der Waals surface area contributed by atoms with E-state index in [0.29, 0.717) is 12.1 Å². The molecule has 0 bridgehead atoms. The van der Waals surface area contributed by atoms with Crippen LogP contribution in [0, 0.1) is 5.82 Å². The van der Waals surface area contributed by atoms with Gasteiger partial charge in [0.05, 0.1) is 6.61 Å². The number of hydrogen-bond acceptors (Lipinski definition) is 1. The van der Waals surface area contributed by atoms with Crippen molar-refractivity contribution < 1.29 is 9.50 Å². The van der Waals surface area contributed by atoms with E-state index in [1.807, 2.05) is 16.8 Å². The fourth-order valence-corrected chi connectivity index (χ4v) is 1.95. The van der Waals surface area contributed by atoms with Crippen molar-refractivity contribution in [3.63, 3.8) is 0 Å². The summed E-state index contributed by atoms with van der Waals surface area (Å²) in [5, 5.41) is 8.92. The topological polar surface area (TPSA) is 25.2 Å². The molecule has 2 rings (SSSR count). The van der Waals surface area contributed by atoms with Gasteiger partial charge in [-0.05, 0) is 29.8 Å². The van der Waals surface area contributed by atoms with Gasteiger partial charge in [0.1, 0.15) is 5.82 Å². The molecule has 0 spiro atoms. The number of aliphatic hydroxyl groups is 1. The first-order valence-electron chi connectivity index (χ1n) is 4.88. The maximum absolute atomic E-state index is 13.5. The van der Waals surface area contributed by atoms with Crippen LogP contribution < -0.4 is 0 Å². The van der Waals surface area contributed by atoms with Crippen molar-refractivity contribution in [2.24, 2.45) is 0 Å². The van der Waals surface area contributed by atoms with Crippen LogP contribution in [0.5, 0.6) is 0 Å². The molecule has 2 aromatic rings. The van der Waals surface area contributed by atoms with Crippen molar-refractivity contribution >= 4 is 15.9 Å². The Morgan fingerprint density at radius 3 is 2.81 bits per heavy atom. The Hall–Kier alpha value is -1.13. The molecule has 0 amide bonds. The first-order chi connectivity index (χ1) is 7.69. The van der Waals surface area contributed by atoms with E-state index in [-0.39, 0.29) is 12.4 Å². The molecule has 0 fully saturated rings. The molecular formula is C12H11BrFNO. The lowest BCUT2D eigenvalue weighted by atomic mass is 10.2. The minimum atomic E-state index is -0.220. The van der Waals surface area contributed by atoms with E-state index in [9.17, 15) is 4.39 Å². The molecule has 0 aliphatic rings. The second-order valence-corrected chi connectivity index (χ2v) is 4.50. The molecule has 2 nitrogen and oxygen atoms in total. The van der Waals surface area contributed by atoms with Gasteiger partial charge in [0.25, 0.3) is 0 Å². The Morgan fingerprint density at radius 1 is 1.31 bits per heavy atom. The third-order valence-corrected chi connectivity index (χ3v) is 2.85. The van der Waals surface area contributed by atoms with Crippen LogP contribution >= 0.6 is 15.9 Å². The highest BCUT2D eigenvalue weighted by molar-refractivity contribution is 9.10. The van der Waals surface area contributed by atoms with Gasteiger partial charge in [-0.15, -0.1) is 0 Å². The highest BCUT2D eigenvalue weighted by atomic mass is 79.9. The van der Waals surface area contributed by atoms with Gasteiger partial charge in [-0.1, -0.05) is 15.9 Å². The summed E-state index contributed by atoms with van der Waals surface area (Å²) < 4.78 is 16.2. The Kier molecular flexibility index (Phi) is 3.41. The number of rotatable bonds is 3. The molecular weight excluding hydrogens is 273 g/mol. The first-order valence-corrected chi connectivity index (χ1v) is 5.68. The molecule has 0 radical (unpaired) electrons. The molecule has 0 saturated heterocycles. The summed E-state index contributed by atoms with van der Waals surface area (Å²) >= 11 is 3.31. The van der Waals surface area contributed by atoms with Crippen LogP contribution in [0.2, 0.25) is 0 Å². The standard InChI is InChI=1S/C12H11BrFNO/c13-11-1-2-12(14)10(5-11)7-15-4-3-9(6-15)8-16/h1-6,16H,7-8H2. The van der Waals surface area contributed by atoms with E-state index in [2.05, 4.69) is 15.9 Å². The molecule has 1 aromatic heterocycles. The monoisotopic (exact) mass is 283 g/mol. The maximum atomic E-state index is 13.5. The zero-order chi connectivity index (χ0) is 11.5. The molecule has 1 aromatic carbocycles. The Morgan fingerprint density at radius 2 is 2.12 bits per heavy atom. The van der Waals surface area contributed by atoms with Gasteiger partial charge in [-0.25, -0.2) is 4.39 Å². The van der Waals surface area contributed by atoms with Crippen molar-refractivity contribution in [1.82, 2.24) is 4.57 Å². The second kappa shape index (κ2) is 4.80. The molecule has 0 saturated carbocycles. The fraction of sp³-hybridized carbons (Fsp3) is 0.167. The highest BCUT2D eigenvalue weighted by Gasteiger charge is 2.04. The normalized spacial score (nSPS) is 10.7. The Bertz CT molecular complexity index is 496. The zero-order valence-corrected chi connectivity index (χ0v) is 10.1. The third kappa shape index (κ3) is 2.51. The van der Waals surface area contributed by atoms with E-state index >= 15 is 0 Å². The predicted molar refractivity (Wildman–Crippen MR) is 63.6 cm³/mol. The number of aliphatic hydroxyl groups excluding tert-OH is 1. The van der Waals surface area contributed by atoms with Crippen molar-refractivity contribution in [2.45, 2.75) is 13.2 Å². The van der Waals surface area contributed by atoms with Gasteiger partial charge >= 0.3 is 0 Å². The van der Waals surface area contributed by atoms with Crippen molar-refractivity contribution in [2.75, 3.05) is 0 Å². The summed E-state index contributed by atoms with van der Waals surface area (Å²) in [5.74, 6) is -0.220. The van der Waals surface area contributed by atoms with E-state index in [1.54, 1.807) is 18.3 Å². The minimum absolute atomic E-state index is 0.00790. The van der Waals surface area contributed by atoms with Crippen LogP contribution in [-0.4, -0.2) is 9.67 Å².